The van der Waals surface area contributed by atoms with Crippen molar-refractivity contribution >= 4 is 28.9 Å². The van der Waals surface area contributed by atoms with E-state index in [4.69, 9.17) is 22.1 Å². The van der Waals surface area contributed by atoms with Crippen LogP contribution in [0.1, 0.15) is 31.4 Å². The molecule has 8 heteroatoms. The summed E-state index contributed by atoms with van der Waals surface area (Å²) in [4.78, 5) is 15.2. The smallest absolute Gasteiger partial charge is 0.262 e. The maximum atomic E-state index is 12.8. The SMILES string of the molecule is CCOc1ccc(C2CCCN2Cn2nc3n(C)c(=O)c4ccccc4n3c2=S)cc1. The summed E-state index contributed by atoms with van der Waals surface area (Å²) in [5.74, 6) is 1.46. The van der Waals surface area contributed by atoms with Crippen LogP contribution in [-0.2, 0) is 13.7 Å². The first-order chi connectivity index (χ1) is 15.1. The number of ether oxygens (including phenoxy) is 1. The van der Waals surface area contributed by atoms with Crippen molar-refractivity contribution in [3.8, 4) is 5.75 Å². The van der Waals surface area contributed by atoms with E-state index in [9.17, 15) is 4.79 Å². The lowest BCUT2D eigenvalue weighted by Gasteiger charge is -2.24. The Morgan fingerprint density at radius 3 is 2.71 bits per heavy atom. The van der Waals surface area contributed by atoms with Crippen molar-refractivity contribution in [3.05, 3.63) is 69.2 Å². The summed E-state index contributed by atoms with van der Waals surface area (Å²) in [6.07, 6.45) is 2.22. The van der Waals surface area contributed by atoms with Gasteiger partial charge >= 0.3 is 0 Å². The van der Waals surface area contributed by atoms with Gasteiger partial charge in [0.15, 0.2) is 0 Å². The van der Waals surface area contributed by atoms with Gasteiger partial charge in [0, 0.05) is 19.6 Å². The number of nitrogens with zero attached hydrogens (tertiary/aromatic N) is 5. The van der Waals surface area contributed by atoms with Gasteiger partial charge in [-0.3, -0.25) is 18.7 Å². The molecule has 4 aromatic rings. The Bertz CT molecular complexity index is 1370. The summed E-state index contributed by atoms with van der Waals surface area (Å²) in [6.45, 7) is 4.22. The van der Waals surface area contributed by atoms with Gasteiger partial charge in [0.25, 0.3) is 5.56 Å². The molecule has 1 unspecified atom stereocenters. The molecule has 5 rings (SSSR count). The van der Waals surface area contributed by atoms with Gasteiger partial charge in [0.05, 0.1) is 24.2 Å². The predicted octanol–water partition coefficient (Wildman–Crippen LogP) is 3.91. The zero-order valence-corrected chi connectivity index (χ0v) is 18.5. The fourth-order valence-electron chi connectivity index (χ4n) is 4.54. The van der Waals surface area contributed by atoms with Gasteiger partial charge in [0.1, 0.15) is 5.75 Å². The quantitative estimate of drug-likeness (QED) is 0.445. The average molecular weight is 436 g/mol. The molecular formula is C23H25N5O2S. The zero-order valence-electron chi connectivity index (χ0n) is 17.7. The van der Waals surface area contributed by atoms with Gasteiger partial charge in [-0.25, -0.2) is 4.68 Å². The van der Waals surface area contributed by atoms with Crippen LogP contribution in [0, 0.1) is 4.77 Å². The van der Waals surface area contributed by atoms with Crippen LogP contribution in [0.3, 0.4) is 0 Å². The molecule has 1 aliphatic rings. The normalized spacial score (nSPS) is 17.0. The third-order valence-corrected chi connectivity index (χ3v) is 6.45. The van der Waals surface area contributed by atoms with Crippen molar-refractivity contribution in [1.82, 2.24) is 23.6 Å². The molecule has 1 aliphatic heterocycles. The van der Waals surface area contributed by atoms with Crippen molar-refractivity contribution in [2.45, 2.75) is 32.5 Å². The van der Waals surface area contributed by atoms with E-state index in [1.807, 2.05) is 52.4 Å². The number of fused-ring (bicyclic) bond motifs is 3. The minimum Gasteiger partial charge on any atom is -0.494 e. The Morgan fingerprint density at radius 1 is 1.16 bits per heavy atom. The number of hydrogen-bond donors (Lipinski definition) is 0. The maximum Gasteiger partial charge on any atom is 0.262 e. The van der Waals surface area contributed by atoms with Crippen molar-refractivity contribution < 1.29 is 4.74 Å². The summed E-state index contributed by atoms with van der Waals surface area (Å²) < 4.78 is 11.5. The molecule has 7 nitrogen and oxygen atoms in total. The Hall–Kier alpha value is -2.97. The van der Waals surface area contributed by atoms with E-state index in [2.05, 4.69) is 17.0 Å². The van der Waals surface area contributed by atoms with Crippen LogP contribution in [-0.4, -0.2) is 36.8 Å². The Kier molecular flexibility index (Phi) is 5.11. The molecule has 3 heterocycles. The summed E-state index contributed by atoms with van der Waals surface area (Å²) in [5, 5.41) is 5.37. The molecular weight excluding hydrogens is 410 g/mol. The van der Waals surface area contributed by atoms with E-state index in [0.29, 0.717) is 35.3 Å². The van der Waals surface area contributed by atoms with E-state index in [-0.39, 0.29) is 5.56 Å². The second-order valence-corrected chi connectivity index (χ2v) is 8.28. The monoisotopic (exact) mass is 435 g/mol. The van der Waals surface area contributed by atoms with E-state index in [1.54, 1.807) is 11.6 Å². The molecule has 2 aromatic heterocycles. The number of hydrogen-bond acceptors (Lipinski definition) is 5. The first-order valence-corrected chi connectivity index (χ1v) is 11.0. The standard InChI is InChI=1S/C23H25N5O2S/c1-3-30-17-12-10-16(11-13-17)19-9-6-14-26(19)15-27-23(31)28-20-8-5-4-7-18(20)21(29)25(2)22(28)24-27/h4-5,7-8,10-13,19H,3,6,9,14-15H2,1-2H3. The minimum atomic E-state index is -0.0660. The molecule has 0 bridgehead atoms. The number of rotatable bonds is 5. The molecule has 0 spiro atoms. The number of aromatic nitrogens is 4. The fraction of sp³-hybridized carbons (Fsp3) is 0.348. The van der Waals surface area contributed by atoms with Gasteiger partial charge < -0.3 is 4.74 Å². The molecule has 0 radical (unpaired) electrons. The molecule has 0 N–H and O–H groups in total. The molecule has 0 aliphatic carbocycles. The summed E-state index contributed by atoms with van der Waals surface area (Å²) in [6, 6.07) is 16.2. The lowest BCUT2D eigenvalue weighted by Crippen LogP contribution is -2.27. The van der Waals surface area contributed by atoms with Gasteiger partial charge in [0.2, 0.25) is 10.5 Å². The molecule has 0 amide bonds. The van der Waals surface area contributed by atoms with Crippen LogP contribution >= 0.6 is 12.2 Å². The van der Waals surface area contributed by atoms with E-state index in [1.165, 1.54) is 5.56 Å². The minimum absolute atomic E-state index is 0.0660. The topological polar surface area (TPSA) is 56.7 Å². The van der Waals surface area contributed by atoms with Crippen molar-refractivity contribution in [2.75, 3.05) is 13.2 Å². The number of likely N-dealkylation sites (tertiary alicyclic amines) is 1. The third kappa shape index (κ3) is 3.36. The highest BCUT2D eigenvalue weighted by Gasteiger charge is 2.27. The Morgan fingerprint density at radius 2 is 1.94 bits per heavy atom. The fourth-order valence-corrected chi connectivity index (χ4v) is 4.81. The lowest BCUT2D eigenvalue weighted by molar-refractivity contribution is 0.190. The van der Waals surface area contributed by atoms with Crippen LogP contribution in [0.4, 0.5) is 0 Å². The molecule has 1 fully saturated rings. The largest absolute Gasteiger partial charge is 0.494 e. The van der Waals surface area contributed by atoms with Crippen molar-refractivity contribution in [3.63, 3.8) is 0 Å². The Balaban J connectivity index is 1.52. The first kappa shape index (κ1) is 20.0. The molecule has 160 valence electrons. The number of para-hydroxylation sites is 1. The maximum absolute atomic E-state index is 12.8. The molecule has 31 heavy (non-hydrogen) atoms. The van der Waals surface area contributed by atoms with Crippen LogP contribution in [0.15, 0.2) is 53.3 Å². The van der Waals surface area contributed by atoms with Gasteiger partial charge in [-0.1, -0.05) is 24.3 Å². The Labute approximate surface area is 185 Å². The van der Waals surface area contributed by atoms with Crippen LogP contribution < -0.4 is 10.3 Å². The highest BCUT2D eigenvalue weighted by Crippen LogP contribution is 2.33. The van der Waals surface area contributed by atoms with Gasteiger partial charge in [-0.05, 0) is 61.8 Å². The zero-order chi connectivity index (χ0) is 21.5. The highest BCUT2D eigenvalue weighted by molar-refractivity contribution is 7.71. The average Bonchev–Trinajstić information content (AvgIpc) is 3.38. The summed E-state index contributed by atoms with van der Waals surface area (Å²) in [7, 11) is 1.74. The molecule has 2 aromatic carbocycles. The molecule has 0 saturated carbocycles. The second-order valence-electron chi connectivity index (χ2n) is 7.91. The van der Waals surface area contributed by atoms with Crippen LogP contribution in [0.2, 0.25) is 0 Å². The highest BCUT2D eigenvalue weighted by atomic mass is 32.1. The van der Waals surface area contributed by atoms with Gasteiger partial charge in [-0.15, -0.1) is 5.10 Å². The molecule has 1 saturated heterocycles. The van der Waals surface area contributed by atoms with E-state index >= 15 is 0 Å². The number of benzene rings is 2. The van der Waals surface area contributed by atoms with E-state index < -0.39 is 0 Å². The van der Waals surface area contributed by atoms with E-state index in [0.717, 1.165) is 30.7 Å². The number of aryl methyl sites for hydroxylation is 1. The summed E-state index contributed by atoms with van der Waals surface area (Å²) in [5.41, 5.74) is 2.00. The van der Waals surface area contributed by atoms with Crippen molar-refractivity contribution in [1.29, 1.82) is 0 Å². The third-order valence-electron chi connectivity index (χ3n) is 6.06. The molecule has 1 atom stereocenters. The lowest BCUT2D eigenvalue weighted by atomic mass is 10.0. The van der Waals surface area contributed by atoms with Gasteiger partial charge in [-0.2, -0.15) is 0 Å². The van der Waals surface area contributed by atoms with Crippen LogP contribution in [0.25, 0.3) is 16.7 Å². The van der Waals surface area contributed by atoms with Crippen LogP contribution in [0.5, 0.6) is 5.75 Å². The van der Waals surface area contributed by atoms with Crippen molar-refractivity contribution in [2.24, 2.45) is 7.05 Å². The summed E-state index contributed by atoms with van der Waals surface area (Å²) >= 11 is 5.80. The predicted molar refractivity (Wildman–Crippen MR) is 123 cm³/mol. The first-order valence-electron chi connectivity index (χ1n) is 10.6. The second kappa shape index (κ2) is 7.94.